The molecule has 1 heterocycles. The van der Waals surface area contributed by atoms with Crippen LogP contribution in [0.15, 0.2) is 30.3 Å². The summed E-state index contributed by atoms with van der Waals surface area (Å²) in [5, 5.41) is 13.4. The molecule has 0 amide bonds. The Labute approximate surface area is 129 Å². The molecule has 1 aromatic carbocycles. The summed E-state index contributed by atoms with van der Waals surface area (Å²) in [5.41, 5.74) is 0.842. The highest BCUT2D eigenvalue weighted by molar-refractivity contribution is 5.24. The lowest BCUT2D eigenvalue weighted by Gasteiger charge is -2.40. The predicted octanol–water partition coefficient (Wildman–Crippen LogP) is 2.60. The van der Waals surface area contributed by atoms with Crippen molar-refractivity contribution in [2.24, 2.45) is 5.92 Å². The largest absolute Gasteiger partial charge is 0.394 e. The van der Waals surface area contributed by atoms with Crippen LogP contribution >= 0.6 is 0 Å². The van der Waals surface area contributed by atoms with Crippen LogP contribution < -0.4 is 5.32 Å². The van der Waals surface area contributed by atoms with Gasteiger partial charge in [-0.25, -0.2) is 0 Å². The normalized spacial score (nSPS) is 26.5. The highest BCUT2D eigenvalue weighted by atomic mass is 16.3. The molecule has 3 unspecified atom stereocenters. The fourth-order valence-electron chi connectivity index (χ4n) is 3.45. The van der Waals surface area contributed by atoms with Crippen LogP contribution in [0.5, 0.6) is 0 Å². The minimum absolute atomic E-state index is 0.130. The first-order valence-electron chi connectivity index (χ1n) is 8.20. The molecule has 3 atom stereocenters. The molecule has 2 rings (SSSR count). The van der Waals surface area contributed by atoms with Crippen LogP contribution in [0, 0.1) is 5.92 Å². The highest BCUT2D eigenvalue weighted by Crippen LogP contribution is 2.27. The van der Waals surface area contributed by atoms with Gasteiger partial charge in [-0.3, -0.25) is 0 Å². The van der Waals surface area contributed by atoms with Gasteiger partial charge in [0.25, 0.3) is 0 Å². The molecule has 1 aromatic rings. The number of nitrogens with zero attached hydrogens (tertiary/aromatic N) is 1. The Morgan fingerprint density at radius 1 is 1.24 bits per heavy atom. The second-order valence-corrected chi connectivity index (χ2v) is 6.63. The third-order valence-corrected chi connectivity index (χ3v) is 5.15. The van der Waals surface area contributed by atoms with Crippen LogP contribution in [-0.2, 0) is 5.54 Å². The second kappa shape index (κ2) is 7.39. The number of hydrogen-bond donors (Lipinski definition) is 2. The maximum atomic E-state index is 10.00. The maximum absolute atomic E-state index is 10.00. The molecule has 1 aliphatic rings. The minimum Gasteiger partial charge on any atom is -0.394 e. The van der Waals surface area contributed by atoms with Gasteiger partial charge in [-0.2, -0.15) is 0 Å². The topological polar surface area (TPSA) is 35.5 Å². The van der Waals surface area contributed by atoms with Crippen molar-refractivity contribution in [2.75, 3.05) is 26.7 Å². The molecule has 1 fully saturated rings. The molecule has 21 heavy (non-hydrogen) atoms. The van der Waals surface area contributed by atoms with Gasteiger partial charge in [-0.05, 0) is 44.7 Å². The van der Waals surface area contributed by atoms with Gasteiger partial charge in [0.1, 0.15) is 0 Å². The Balaban J connectivity index is 2.06. The number of aliphatic hydroxyl groups is 1. The van der Waals surface area contributed by atoms with Crippen molar-refractivity contribution >= 4 is 0 Å². The molecule has 0 aromatic heterocycles. The number of likely N-dealkylation sites (tertiary alicyclic amines) is 1. The quantitative estimate of drug-likeness (QED) is 0.845. The van der Waals surface area contributed by atoms with E-state index in [4.69, 9.17) is 0 Å². The van der Waals surface area contributed by atoms with Crippen LogP contribution in [-0.4, -0.2) is 42.8 Å². The van der Waals surface area contributed by atoms with Crippen molar-refractivity contribution in [1.82, 2.24) is 10.2 Å². The second-order valence-electron chi connectivity index (χ2n) is 6.63. The van der Waals surface area contributed by atoms with Gasteiger partial charge in [0.15, 0.2) is 0 Å². The summed E-state index contributed by atoms with van der Waals surface area (Å²) in [6.45, 7) is 7.01. The smallest absolute Gasteiger partial charge is 0.0678 e. The standard InChI is InChI=1S/C18H30N2O/c1-15-9-10-16(2)20(13-15)12-11-18(14-21,19-3)17-7-5-4-6-8-17/h4-8,15-16,19,21H,9-14H2,1-3H3. The van der Waals surface area contributed by atoms with Crippen molar-refractivity contribution in [1.29, 1.82) is 0 Å². The van der Waals surface area contributed by atoms with Crippen LogP contribution in [0.4, 0.5) is 0 Å². The molecular formula is C18H30N2O. The predicted molar refractivity (Wildman–Crippen MR) is 88.3 cm³/mol. The summed E-state index contributed by atoms with van der Waals surface area (Å²) in [6, 6.07) is 11.0. The van der Waals surface area contributed by atoms with Crippen molar-refractivity contribution in [3.8, 4) is 0 Å². The average molecular weight is 290 g/mol. The summed E-state index contributed by atoms with van der Waals surface area (Å²) in [7, 11) is 1.95. The van der Waals surface area contributed by atoms with E-state index in [0.29, 0.717) is 6.04 Å². The van der Waals surface area contributed by atoms with Crippen LogP contribution in [0.1, 0.15) is 38.7 Å². The molecule has 3 nitrogen and oxygen atoms in total. The monoisotopic (exact) mass is 290 g/mol. The molecule has 0 spiro atoms. The molecular weight excluding hydrogens is 260 g/mol. The van der Waals surface area contributed by atoms with E-state index in [1.165, 1.54) is 24.9 Å². The first-order chi connectivity index (χ1) is 10.1. The van der Waals surface area contributed by atoms with E-state index in [1.54, 1.807) is 0 Å². The molecule has 2 N–H and O–H groups in total. The number of likely N-dealkylation sites (N-methyl/N-ethyl adjacent to an activating group) is 1. The fourth-order valence-corrected chi connectivity index (χ4v) is 3.45. The number of hydrogen-bond acceptors (Lipinski definition) is 3. The summed E-state index contributed by atoms with van der Waals surface area (Å²) in [5.74, 6) is 0.788. The molecule has 3 heteroatoms. The van der Waals surface area contributed by atoms with Gasteiger partial charge in [0, 0.05) is 19.1 Å². The zero-order valence-corrected chi connectivity index (χ0v) is 13.7. The molecule has 1 saturated heterocycles. The lowest BCUT2D eigenvalue weighted by molar-refractivity contribution is 0.0909. The third-order valence-electron chi connectivity index (χ3n) is 5.15. The van der Waals surface area contributed by atoms with Gasteiger partial charge in [-0.15, -0.1) is 0 Å². The minimum atomic E-state index is -0.332. The highest BCUT2D eigenvalue weighted by Gasteiger charge is 2.31. The van der Waals surface area contributed by atoms with Gasteiger partial charge in [0.2, 0.25) is 0 Å². The van der Waals surface area contributed by atoms with Crippen molar-refractivity contribution < 1.29 is 5.11 Å². The van der Waals surface area contributed by atoms with E-state index in [0.717, 1.165) is 18.9 Å². The maximum Gasteiger partial charge on any atom is 0.0678 e. The molecule has 0 aliphatic carbocycles. The summed E-state index contributed by atoms with van der Waals surface area (Å²) < 4.78 is 0. The Hall–Kier alpha value is -0.900. The van der Waals surface area contributed by atoms with Crippen LogP contribution in [0.25, 0.3) is 0 Å². The van der Waals surface area contributed by atoms with E-state index in [1.807, 2.05) is 25.2 Å². The first kappa shape index (κ1) is 16.5. The molecule has 1 aliphatic heterocycles. The summed E-state index contributed by atoms with van der Waals surface area (Å²) in [4.78, 5) is 2.58. The Bertz CT molecular complexity index is 416. The fraction of sp³-hybridized carbons (Fsp3) is 0.667. The molecule has 0 bridgehead atoms. The zero-order valence-electron chi connectivity index (χ0n) is 13.7. The average Bonchev–Trinajstić information content (AvgIpc) is 2.53. The lowest BCUT2D eigenvalue weighted by Crippen LogP contribution is -2.49. The number of aliphatic hydroxyl groups excluding tert-OH is 1. The van der Waals surface area contributed by atoms with Crippen molar-refractivity contribution in [3.63, 3.8) is 0 Å². The van der Waals surface area contributed by atoms with Crippen LogP contribution in [0.2, 0.25) is 0 Å². The van der Waals surface area contributed by atoms with Crippen LogP contribution in [0.3, 0.4) is 0 Å². The Morgan fingerprint density at radius 2 is 1.95 bits per heavy atom. The SMILES string of the molecule is CNC(CO)(CCN1CC(C)CCC1C)c1ccccc1. The molecule has 0 saturated carbocycles. The Morgan fingerprint density at radius 3 is 2.57 bits per heavy atom. The number of benzene rings is 1. The zero-order chi connectivity index (χ0) is 15.3. The molecule has 0 radical (unpaired) electrons. The third kappa shape index (κ3) is 3.85. The number of piperidine rings is 1. The first-order valence-corrected chi connectivity index (χ1v) is 8.20. The van der Waals surface area contributed by atoms with Gasteiger partial charge in [-0.1, -0.05) is 37.3 Å². The Kier molecular flexibility index (Phi) is 5.80. The van der Waals surface area contributed by atoms with Gasteiger partial charge in [0.05, 0.1) is 12.1 Å². The van der Waals surface area contributed by atoms with Crippen molar-refractivity contribution in [2.45, 2.75) is 44.7 Å². The van der Waals surface area contributed by atoms with E-state index in [2.05, 4.69) is 36.2 Å². The van der Waals surface area contributed by atoms with E-state index in [9.17, 15) is 5.11 Å². The summed E-state index contributed by atoms with van der Waals surface area (Å²) in [6.07, 6.45) is 3.56. The van der Waals surface area contributed by atoms with E-state index in [-0.39, 0.29) is 12.1 Å². The lowest BCUT2D eigenvalue weighted by atomic mass is 9.86. The molecule has 118 valence electrons. The number of nitrogens with one attached hydrogen (secondary N) is 1. The van der Waals surface area contributed by atoms with Gasteiger partial charge < -0.3 is 15.3 Å². The van der Waals surface area contributed by atoms with E-state index >= 15 is 0 Å². The van der Waals surface area contributed by atoms with E-state index < -0.39 is 0 Å². The summed E-state index contributed by atoms with van der Waals surface area (Å²) >= 11 is 0. The van der Waals surface area contributed by atoms with Crippen molar-refractivity contribution in [3.05, 3.63) is 35.9 Å². The number of rotatable bonds is 6. The van der Waals surface area contributed by atoms with Gasteiger partial charge >= 0.3 is 0 Å².